The first-order valence-electron chi connectivity index (χ1n) is 9.32. The van der Waals surface area contributed by atoms with Gasteiger partial charge in [-0.2, -0.15) is 0 Å². The number of benzene rings is 1. The number of methoxy groups -OCH3 is 1. The number of carbonyl (C=O) groups excluding carboxylic acids is 1. The van der Waals surface area contributed by atoms with Crippen LogP contribution in [0.3, 0.4) is 0 Å². The van der Waals surface area contributed by atoms with Crippen molar-refractivity contribution in [1.29, 1.82) is 0 Å². The molecule has 1 saturated heterocycles. The molecule has 1 amide bonds. The SMILES string of the molecule is COc1ccccc1NC(=O)CN1CCCC[C@@H]1CCn1ccnc1C. The Morgan fingerprint density at radius 2 is 2.19 bits per heavy atom. The van der Waals surface area contributed by atoms with Gasteiger partial charge < -0.3 is 14.6 Å². The van der Waals surface area contributed by atoms with Crippen molar-refractivity contribution in [3.63, 3.8) is 0 Å². The van der Waals surface area contributed by atoms with E-state index in [4.69, 9.17) is 4.74 Å². The van der Waals surface area contributed by atoms with Crippen molar-refractivity contribution in [3.05, 3.63) is 42.5 Å². The van der Waals surface area contributed by atoms with Crippen LogP contribution in [0, 0.1) is 6.92 Å². The Morgan fingerprint density at radius 1 is 1.35 bits per heavy atom. The molecule has 0 spiro atoms. The van der Waals surface area contributed by atoms with Crippen molar-refractivity contribution < 1.29 is 9.53 Å². The Bertz CT molecular complexity index is 728. The minimum Gasteiger partial charge on any atom is -0.495 e. The summed E-state index contributed by atoms with van der Waals surface area (Å²) >= 11 is 0. The van der Waals surface area contributed by atoms with Gasteiger partial charge in [-0.05, 0) is 44.9 Å². The first-order chi connectivity index (χ1) is 12.7. The van der Waals surface area contributed by atoms with Crippen molar-refractivity contribution in [2.24, 2.45) is 0 Å². The lowest BCUT2D eigenvalue weighted by Crippen LogP contribution is -2.44. The summed E-state index contributed by atoms with van der Waals surface area (Å²) in [6.07, 6.45) is 8.45. The molecular weight excluding hydrogens is 328 g/mol. The normalized spacial score (nSPS) is 17.8. The molecule has 0 aliphatic carbocycles. The van der Waals surface area contributed by atoms with E-state index in [1.807, 2.05) is 43.6 Å². The Morgan fingerprint density at radius 3 is 2.96 bits per heavy atom. The van der Waals surface area contributed by atoms with Gasteiger partial charge in [0.2, 0.25) is 5.91 Å². The van der Waals surface area contributed by atoms with Crippen LogP contribution in [-0.4, -0.2) is 46.6 Å². The van der Waals surface area contributed by atoms with Crippen LogP contribution in [0.25, 0.3) is 0 Å². The van der Waals surface area contributed by atoms with E-state index < -0.39 is 0 Å². The highest BCUT2D eigenvalue weighted by atomic mass is 16.5. The molecule has 1 atom stereocenters. The average molecular weight is 356 g/mol. The van der Waals surface area contributed by atoms with E-state index >= 15 is 0 Å². The number of imidazole rings is 1. The van der Waals surface area contributed by atoms with Gasteiger partial charge in [0.05, 0.1) is 19.3 Å². The molecule has 6 nitrogen and oxygen atoms in total. The molecule has 0 saturated carbocycles. The average Bonchev–Trinajstić information content (AvgIpc) is 3.06. The van der Waals surface area contributed by atoms with Crippen molar-refractivity contribution in [2.45, 2.75) is 45.2 Å². The zero-order valence-electron chi connectivity index (χ0n) is 15.6. The van der Waals surface area contributed by atoms with Crippen LogP contribution in [0.15, 0.2) is 36.7 Å². The van der Waals surface area contributed by atoms with Crippen LogP contribution in [0.4, 0.5) is 5.69 Å². The summed E-state index contributed by atoms with van der Waals surface area (Å²) < 4.78 is 7.49. The summed E-state index contributed by atoms with van der Waals surface area (Å²) in [4.78, 5) is 19.2. The highest BCUT2D eigenvalue weighted by Gasteiger charge is 2.24. The number of nitrogens with zero attached hydrogens (tertiary/aromatic N) is 3. The standard InChI is InChI=1S/C20H28N4O2/c1-16-21-11-14-23(16)13-10-17-7-5-6-12-24(17)15-20(25)22-18-8-3-4-9-19(18)26-2/h3-4,8-9,11,14,17H,5-7,10,12-13,15H2,1-2H3,(H,22,25)/t17-/m1/s1. The second kappa shape index (κ2) is 8.85. The summed E-state index contributed by atoms with van der Waals surface area (Å²) in [5.74, 6) is 1.74. The molecule has 1 fully saturated rings. The third kappa shape index (κ3) is 4.64. The van der Waals surface area contributed by atoms with Crippen LogP contribution in [0.5, 0.6) is 5.75 Å². The molecule has 0 bridgehead atoms. The predicted molar refractivity (Wildman–Crippen MR) is 102 cm³/mol. The molecular formula is C20H28N4O2. The highest BCUT2D eigenvalue weighted by Crippen LogP contribution is 2.24. The predicted octanol–water partition coefficient (Wildman–Crippen LogP) is 3.08. The smallest absolute Gasteiger partial charge is 0.238 e. The van der Waals surface area contributed by atoms with Crippen LogP contribution in [0.2, 0.25) is 0 Å². The fraction of sp³-hybridized carbons (Fsp3) is 0.500. The van der Waals surface area contributed by atoms with Gasteiger partial charge in [-0.15, -0.1) is 0 Å². The lowest BCUT2D eigenvalue weighted by atomic mass is 9.99. The van der Waals surface area contributed by atoms with Crippen molar-refractivity contribution in [2.75, 3.05) is 25.5 Å². The van der Waals surface area contributed by atoms with Crippen molar-refractivity contribution >= 4 is 11.6 Å². The molecule has 3 rings (SSSR count). The Balaban J connectivity index is 1.57. The van der Waals surface area contributed by atoms with E-state index in [-0.39, 0.29) is 5.91 Å². The number of ether oxygens (including phenoxy) is 1. The lowest BCUT2D eigenvalue weighted by molar-refractivity contribution is -0.118. The van der Waals surface area contributed by atoms with Gasteiger partial charge >= 0.3 is 0 Å². The molecule has 0 radical (unpaired) electrons. The van der Waals surface area contributed by atoms with Gasteiger partial charge in [0, 0.05) is 25.0 Å². The molecule has 1 aromatic heterocycles. The lowest BCUT2D eigenvalue weighted by Gasteiger charge is -2.35. The number of carbonyl (C=O) groups is 1. The number of piperidine rings is 1. The number of aromatic nitrogens is 2. The quantitative estimate of drug-likeness (QED) is 0.828. The number of nitrogens with one attached hydrogen (secondary N) is 1. The second-order valence-electron chi connectivity index (χ2n) is 6.83. The maximum Gasteiger partial charge on any atom is 0.238 e. The molecule has 140 valence electrons. The second-order valence-corrected chi connectivity index (χ2v) is 6.83. The van der Waals surface area contributed by atoms with Crippen molar-refractivity contribution in [1.82, 2.24) is 14.5 Å². The third-order valence-electron chi connectivity index (χ3n) is 5.10. The monoisotopic (exact) mass is 356 g/mol. The summed E-state index contributed by atoms with van der Waals surface area (Å²) in [6.45, 7) is 4.37. The number of amides is 1. The van der Waals surface area contributed by atoms with E-state index in [2.05, 4.69) is 19.8 Å². The molecule has 1 aliphatic heterocycles. The number of hydrogen-bond donors (Lipinski definition) is 1. The number of hydrogen-bond acceptors (Lipinski definition) is 4. The number of rotatable bonds is 7. The summed E-state index contributed by atoms with van der Waals surface area (Å²) in [5, 5.41) is 2.99. The van der Waals surface area contributed by atoms with Crippen molar-refractivity contribution in [3.8, 4) is 5.75 Å². The molecule has 26 heavy (non-hydrogen) atoms. The topological polar surface area (TPSA) is 59.4 Å². The number of anilines is 1. The molecule has 1 N–H and O–H groups in total. The summed E-state index contributed by atoms with van der Waals surface area (Å²) in [6, 6.07) is 7.95. The first kappa shape index (κ1) is 18.5. The third-order valence-corrected chi connectivity index (χ3v) is 5.10. The fourth-order valence-corrected chi connectivity index (χ4v) is 3.65. The van der Waals surface area contributed by atoms with E-state index in [1.54, 1.807) is 7.11 Å². The molecule has 1 aliphatic rings. The molecule has 2 heterocycles. The largest absolute Gasteiger partial charge is 0.495 e. The first-order valence-corrected chi connectivity index (χ1v) is 9.32. The molecule has 2 aromatic rings. The van der Waals surface area contributed by atoms with Crippen LogP contribution in [-0.2, 0) is 11.3 Å². The van der Waals surface area contributed by atoms with Gasteiger partial charge in [0.1, 0.15) is 11.6 Å². The molecule has 0 unspecified atom stereocenters. The maximum absolute atomic E-state index is 12.6. The maximum atomic E-state index is 12.6. The minimum absolute atomic E-state index is 0.0141. The molecule has 1 aromatic carbocycles. The van der Waals surface area contributed by atoms with Gasteiger partial charge in [0.15, 0.2) is 0 Å². The number of para-hydroxylation sites is 2. The number of aryl methyl sites for hydroxylation is 2. The Kier molecular flexibility index (Phi) is 6.28. The molecule has 6 heteroatoms. The van der Waals surface area contributed by atoms with Crippen LogP contribution >= 0.6 is 0 Å². The van der Waals surface area contributed by atoms with Gasteiger partial charge in [-0.1, -0.05) is 18.6 Å². The number of likely N-dealkylation sites (tertiary alicyclic amines) is 1. The summed E-state index contributed by atoms with van der Waals surface area (Å²) in [7, 11) is 1.61. The fourth-order valence-electron chi connectivity index (χ4n) is 3.65. The van der Waals surface area contributed by atoms with Gasteiger partial charge in [-0.25, -0.2) is 4.98 Å². The van der Waals surface area contributed by atoms with E-state index in [0.29, 0.717) is 18.3 Å². The zero-order valence-corrected chi connectivity index (χ0v) is 15.6. The zero-order chi connectivity index (χ0) is 18.4. The Labute approximate surface area is 155 Å². The highest BCUT2D eigenvalue weighted by molar-refractivity contribution is 5.93. The van der Waals surface area contributed by atoms with E-state index in [0.717, 1.165) is 43.9 Å². The van der Waals surface area contributed by atoms with E-state index in [1.165, 1.54) is 6.42 Å². The summed E-state index contributed by atoms with van der Waals surface area (Å²) in [5.41, 5.74) is 0.725. The van der Waals surface area contributed by atoms with E-state index in [9.17, 15) is 4.79 Å². The Hall–Kier alpha value is -2.34. The van der Waals surface area contributed by atoms with Gasteiger partial charge in [0.25, 0.3) is 0 Å². The van der Waals surface area contributed by atoms with Gasteiger partial charge in [-0.3, -0.25) is 9.69 Å². The van der Waals surface area contributed by atoms with Crippen LogP contribution < -0.4 is 10.1 Å². The minimum atomic E-state index is 0.0141. The van der Waals surface area contributed by atoms with Crippen LogP contribution in [0.1, 0.15) is 31.5 Å².